The first-order valence-corrected chi connectivity index (χ1v) is 7.84. The van der Waals surface area contributed by atoms with Gasteiger partial charge in [-0.1, -0.05) is 13.8 Å². The first-order chi connectivity index (χ1) is 7.88. The molecule has 1 rings (SSSR count). The SMILES string of the molecule is CCNCCS(=O)(=O)N1CC(C)C(N(C)C)C1. The van der Waals surface area contributed by atoms with Crippen LogP contribution in [0.3, 0.4) is 0 Å². The van der Waals surface area contributed by atoms with Gasteiger partial charge < -0.3 is 10.2 Å². The molecule has 1 aliphatic heterocycles. The van der Waals surface area contributed by atoms with Crippen LogP contribution in [-0.4, -0.2) is 69.7 Å². The van der Waals surface area contributed by atoms with Crippen LogP contribution in [0.25, 0.3) is 0 Å². The van der Waals surface area contributed by atoms with Crippen molar-refractivity contribution in [1.82, 2.24) is 14.5 Å². The molecule has 1 aliphatic rings. The lowest BCUT2D eigenvalue weighted by molar-refractivity contribution is 0.263. The summed E-state index contributed by atoms with van der Waals surface area (Å²) in [6.45, 7) is 6.72. The molecular formula is C11H25N3O2S. The molecule has 1 fully saturated rings. The molecule has 1 N–H and O–H groups in total. The van der Waals surface area contributed by atoms with Crippen molar-refractivity contribution in [3.05, 3.63) is 0 Å². The Hall–Kier alpha value is -0.170. The van der Waals surface area contributed by atoms with Crippen molar-refractivity contribution in [3.8, 4) is 0 Å². The summed E-state index contributed by atoms with van der Waals surface area (Å²) in [7, 11) is 0.932. The third-order valence-electron chi connectivity index (χ3n) is 3.38. The Morgan fingerprint density at radius 1 is 1.35 bits per heavy atom. The van der Waals surface area contributed by atoms with Crippen LogP contribution >= 0.6 is 0 Å². The Morgan fingerprint density at radius 3 is 2.47 bits per heavy atom. The molecule has 0 radical (unpaired) electrons. The molecule has 0 saturated carbocycles. The molecule has 6 heteroatoms. The number of nitrogens with one attached hydrogen (secondary N) is 1. The largest absolute Gasteiger partial charge is 0.316 e. The summed E-state index contributed by atoms with van der Waals surface area (Å²) >= 11 is 0. The molecule has 2 unspecified atom stereocenters. The van der Waals surface area contributed by atoms with E-state index in [2.05, 4.69) is 17.1 Å². The Morgan fingerprint density at radius 2 is 2.00 bits per heavy atom. The van der Waals surface area contributed by atoms with Crippen molar-refractivity contribution in [2.75, 3.05) is 46.0 Å². The zero-order valence-electron chi connectivity index (χ0n) is 11.3. The second-order valence-electron chi connectivity index (χ2n) is 4.99. The van der Waals surface area contributed by atoms with Crippen LogP contribution in [0, 0.1) is 5.92 Å². The van der Waals surface area contributed by atoms with Gasteiger partial charge in [-0.3, -0.25) is 0 Å². The van der Waals surface area contributed by atoms with E-state index in [9.17, 15) is 8.42 Å². The van der Waals surface area contributed by atoms with Crippen LogP contribution in [0.2, 0.25) is 0 Å². The highest BCUT2D eigenvalue weighted by Crippen LogP contribution is 2.22. The van der Waals surface area contributed by atoms with Gasteiger partial charge in [0.1, 0.15) is 0 Å². The maximum Gasteiger partial charge on any atom is 0.215 e. The van der Waals surface area contributed by atoms with Crippen molar-refractivity contribution in [1.29, 1.82) is 0 Å². The summed E-state index contributed by atoms with van der Waals surface area (Å²) in [6.07, 6.45) is 0. The van der Waals surface area contributed by atoms with Gasteiger partial charge in [0.05, 0.1) is 5.75 Å². The van der Waals surface area contributed by atoms with Crippen molar-refractivity contribution in [2.45, 2.75) is 19.9 Å². The molecule has 1 saturated heterocycles. The minimum Gasteiger partial charge on any atom is -0.316 e. The van der Waals surface area contributed by atoms with Gasteiger partial charge in [0.25, 0.3) is 0 Å². The van der Waals surface area contributed by atoms with Crippen LogP contribution in [0.1, 0.15) is 13.8 Å². The molecule has 0 spiro atoms. The van der Waals surface area contributed by atoms with E-state index in [1.807, 2.05) is 21.0 Å². The van der Waals surface area contributed by atoms with E-state index in [1.54, 1.807) is 4.31 Å². The Kier molecular flexibility index (Phi) is 5.37. The first-order valence-electron chi connectivity index (χ1n) is 6.23. The predicted molar refractivity (Wildman–Crippen MR) is 70.5 cm³/mol. The summed E-state index contributed by atoms with van der Waals surface area (Å²) in [5.74, 6) is 0.604. The summed E-state index contributed by atoms with van der Waals surface area (Å²) < 4.78 is 25.8. The quantitative estimate of drug-likeness (QED) is 0.675. The molecule has 0 amide bonds. The van der Waals surface area contributed by atoms with E-state index < -0.39 is 10.0 Å². The lowest BCUT2D eigenvalue weighted by atomic mass is 10.1. The van der Waals surface area contributed by atoms with Gasteiger partial charge in [0, 0.05) is 25.7 Å². The van der Waals surface area contributed by atoms with Gasteiger partial charge in [-0.25, -0.2) is 8.42 Å². The first kappa shape index (κ1) is 14.9. The van der Waals surface area contributed by atoms with Gasteiger partial charge >= 0.3 is 0 Å². The maximum absolute atomic E-state index is 12.1. The van der Waals surface area contributed by atoms with Gasteiger partial charge in [0.2, 0.25) is 10.0 Å². The van der Waals surface area contributed by atoms with E-state index in [0.29, 0.717) is 31.6 Å². The highest BCUT2D eigenvalue weighted by molar-refractivity contribution is 7.89. The molecular weight excluding hydrogens is 238 g/mol. The molecule has 0 aliphatic carbocycles. The maximum atomic E-state index is 12.1. The van der Waals surface area contributed by atoms with Crippen LogP contribution < -0.4 is 5.32 Å². The standard InChI is InChI=1S/C11H25N3O2S/c1-5-12-6-7-17(15,16)14-8-10(2)11(9-14)13(3)4/h10-12H,5-9H2,1-4H3. The number of hydrogen-bond acceptors (Lipinski definition) is 4. The van der Waals surface area contributed by atoms with E-state index in [4.69, 9.17) is 0 Å². The van der Waals surface area contributed by atoms with Crippen LogP contribution in [-0.2, 0) is 10.0 Å². The Labute approximate surface area is 105 Å². The molecule has 1 heterocycles. The third kappa shape index (κ3) is 3.91. The fraction of sp³-hybridized carbons (Fsp3) is 1.00. The van der Waals surface area contributed by atoms with Crippen molar-refractivity contribution >= 4 is 10.0 Å². The number of sulfonamides is 1. The molecule has 0 aromatic rings. The van der Waals surface area contributed by atoms with Gasteiger partial charge in [-0.2, -0.15) is 4.31 Å². The van der Waals surface area contributed by atoms with Crippen molar-refractivity contribution in [2.24, 2.45) is 5.92 Å². The highest BCUT2D eigenvalue weighted by Gasteiger charge is 2.36. The molecule has 2 atom stereocenters. The average Bonchev–Trinajstić information content (AvgIpc) is 2.61. The van der Waals surface area contributed by atoms with E-state index >= 15 is 0 Å². The van der Waals surface area contributed by atoms with Gasteiger partial charge in [-0.05, 0) is 26.6 Å². The van der Waals surface area contributed by atoms with E-state index in [-0.39, 0.29) is 5.75 Å². The van der Waals surface area contributed by atoms with Crippen LogP contribution in [0.4, 0.5) is 0 Å². The topological polar surface area (TPSA) is 52.7 Å². The number of nitrogens with zero attached hydrogens (tertiary/aromatic N) is 2. The number of rotatable bonds is 6. The number of likely N-dealkylation sites (N-methyl/N-ethyl adjacent to an activating group) is 1. The van der Waals surface area contributed by atoms with Crippen LogP contribution in [0.5, 0.6) is 0 Å². The lowest BCUT2D eigenvalue weighted by Gasteiger charge is -2.22. The molecule has 5 nitrogen and oxygen atoms in total. The second kappa shape index (κ2) is 6.13. The lowest BCUT2D eigenvalue weighted by Crippen LogP contribution is -2.38. The highest BCUT2D eigenvalue weighted by atomic mass is 32.2. The molecule has 0 aromatic carbocycles. The summed E-state index contributed by atoms with van der Waals surface area (Å²) in [5.41, 5.74) is 0. The fourth-order valence-corrected chi connectivity index (χ4v) is 3.82. The van der Waals surface area contributed by atoms with Crippen LogP contribution in [0.15, 0.2) is 0 Å². The predicted octanol–water partition coefficient (Wildman–Crippen LogP) is -0.192. The minimum absolute atomic E-state index is 0.202. The van der Waals surface area contributed by atoms with Crippen molar-refractivity contribution < 1.29 is 8.42 Å². The van der Waals surface area contributed by atoms with E-state index in [1.165, 1.54) is 0 Å². The normalized spacial score (nSPS) is 26.9. The zero-order valence-corrected chi connectivity index (χ0v) is 12.1. The fourth-order valence-electron chi connectivity index (χ4n) is 2.31. The van der Waals surface area contributed by atoms with Crippen molar-refractivity contribution in [3.63, 3.8) is 0 Å². The Balaban J connectivity index is 2.57. The summed E-state index contributed by atoms with van der Waals surface area (Å²) in [5, 5.41) is 3.06. The number of hydrogen-bond donors (Lipinski definition) is 1. The monoisotopic (exact) mass is 263 g/mol. The van der Waals surface area contributed by atoms with E-state index in [0.717, 1.165) is 6.54 Å². The minimum atomic E-state index is -3.09. The molecule has 102 valence electrons. The Bertz CT molecular complexity index is 330. The third-order valence-corrected chi connectivity index (χ3v) is 5.19. The van der Waals surface area contributed by atoms with Gasteiger partial charge in [-0.15, -0.1) is 0 Å². The molecule has 0 bridgehead atoms. The zero-order chi connectivity index (χ0) is 13.1. The second-order valence-corrected chi connectivity index (χ2v) is 7.08. The smallest absolute Gasteiger partial charge is 0.215 e. The summed E-state index contributed by atoms with van der Waals surface area (Å²) in [6, 6.07) is 0.337. The summed E-state index contributed by atoms with van der Waals surface area (Å²) in [4.78, 5) is 2.12. The average molecular weight is 263 g/mol. The molecule has 0 aromatic heterocycles. The van der Waals surface area contributed by atoms with Gasteiger partial charge in [0.15, 0.2) is 0 Å². The molecule has 17 heavy (non-hydrogen) atoms.